The summed E-state index contributed by atoms with van der Waals surface area (Å²) in [6, 6.07) is 24.4. The standard InChI is InChI=1S/C47H48N6O2/c1-4-32(23-24-48)40-26-38(29-49)41(25-30(40)2)52-39-19-15-34(16-20-39)36-17-21-42-44(27-36)55-45-28-37(18-22-43(45)54-42)46(50)53-47(35-13-9-6-10-14-35)51-31(3)33-11-7-5-8-12-33/h4-11,13-17,19-21,23-24,26-31,33,49,52H,12,18,22,25,48H2,1-3H3,(H2,50,51,53)/b24-23-,32-4+,49-29?/t30-,31?,33?/m1/s1. The average Bonchev–Trinajstić information content (AvgIpc) is 3.22. The van der Waals surface area contributed by atoms with E-state index in [9.17, 15) is 0 Å². The molecule has 8 nitrogen and oxygen atoms in total. The lowest BCUT2D eigenvalue weighted by Crippen LogP contribution is -2.23. The summed E-state index contributed by atoms with van der Waals surface area (Å²) < 4.78 is 12.8. The molecule has 4 aliphatic rings. The van der Waals surface area contributed by atoms with Gasteiger partial charge in [-0.1, -0.05) is 85.8 Å². The van der Waals surface area contributed by atoms with E-state index < -0.39 is 0 Å². The number of fused-ring (bicyclic) bond motifs is 1. The summed E-state index contributed by atoms with van der Waals surface area (Å²) in [6.45, 7) is 6.34. The fourth-order valence-electron chi connectivity index (χ4n) is 7.30. The largest absolute Gasteiger partial charge is 0.454 e. The number of anilines is 1. The Hall–Kier alpha value is -6.41. The predicted molar refractivity (Wildman–Crippen MR) is 226 cm³/mol. The zero-order valence-electron chi connectivity index (χ0n) is 31.6. The lowest BCUT2D eigenvalue weighted by atomic mass is 9.83. The number of nitrogens with two attached hydrogens (primary N) is 2. The van der Waals surface area contributed by atoms with Crippen LogP contribution < -0.4 is 26.3 Å². The fourth-order valence-corrected chi connectivity index (χ4v) is 7.30. The molecular formula is C47H48N6O2. The van der Waals surface area contributed by atoms with Crippen LogP contribution in [-0.4, -0.2) is 23.9 Å². The van der Waals surface area contributed by atoms with Gasteiger partial charge in [0.2, 0.25) is 0 Å². The van der Waals surface area contributed by atoms with E-state index in [1.54, 1.807) is 6.20 Å². The minimum Gasteiger partial charge on any atom is -0.454 e. The van der Waals surface area contributed by atoms with Gasteiger partial charge in [-0.25, -0.2) is 4.99 Å². The lowest BCUT2D eigenvalue weighted by Gasteiger charge is -2.26. The molecule has 3 aromatic rings. The van der Waals surface area contributed by atoms with Gasteiger partial charge >= 0.3 is 0 Å². The summed E-state index contributed by atoms with van der Waals surface area (Å²) in [5, 5.41) is 11.7. The Morgan fingerprint density at radius 1 is 0.964 bits per heavy atom. The molecule has 0 radical (unpaired) electrons. The molecular weight excluding hydrogens is 681 g/mol. The molecule has 0 fully saturated rings. The number of allylic oxidation sites excluding steroid dienone is 12. The van der Waals surface area contributed by atoms with Crippen LogP contribution in [0.4, 0.5) is 5.69 Å². The molecule has 3 aliphatic carbocycles. The molecule has 0 spiro atoms. The Bertz CT molecular complexity index is 2260. The molecule has 55 heavy (non-hydrogen) atoms. The molecule has 0 aromatic heterocycles. The van der Waals surface area contributed by atoms with Crippen LogP contribution in [0, 0.1) is 17.2 Å². The second-order valence-corrected chi connectivity index (χ2v) is 14.2. The number of ether oxygens (including phenoxy) is 2. The summed E-state index contributed by atoms with van der Waals surface area (Å²) in [7, 11) is 0. The van der Waals surface area contributed by atoms with Crippen LogP contribution in [0.15, 0.2) is 177 Å². The Kier molecular flexibility index (Phi) is 11.2. The molecule has 6 N–H and O–H groups in total. The summed E-state index contributed by atoms with van der Waals surface area (Å²) in [4.78, 5) is 9.96. The summed E-state index contributed by atoms with van der Waals surface area (Å²) in [6.07, 6.45) is 22.6. The van der Waals surface area contributed by atoms with Crippen LogP contribution in [0.2, 0.25) is 0 Å². The maximum absolute atomic E-state index is 8.10. The van der Waals surface area contributed by atoms with Crippen molar-refractivity contribution in [3.05, 3.63) is 173 Å². The van der Waals surface area contributed by atoms with Crippen molar-refractivity contribution >= 4 is 23.6 Å². The number of amidine groups is 2. The number of nitrogens with one attached hydrogen (secondary N) is 2. The van der Waals surface area contributed by atoms with E-state index in [0.717, 1.165) is 63.4 Å². The average molecular weight is 729 g/mol. The summed E-state index contributed by atoms with van der Waals surface area (Å²) in [5.41, 5.74) is 21.4. The van der Waals surface area contributed by atoms with Crippen molar-refractivity contribution in [1.29, 1.82) is 5.41 Å². The van der Waals surface area contributed by atoms with Gasteiger partial charge in [0, 0.05) is 41.1 Å². The quantitative estimate of drug-likeness (QED) is 0.0938. The van der Waals surface area contributed by atoms with Gasteiger partial charge in [-0.2, -0.15) is 0 Å². The van der Waals surface area contributed by atoms with Crippen molar-refractivity contribution in [1.82, 2.24) is 0 Å². The Balaban J connectivity index is 1.08. The highest BCUT2D eigenvalue weighted by Gasteiger charge is 2.26. The van der Waals surface area contributed by atoms with Gasteiger partial charge in [0.15, 0.2) is 23.1 Å². The molecule has 1 heterocycles. The molecule has 1 aliphatic heterocycles. The number of hydrogen-bond donors (Lipinski definition) is 4. The monoisotopic (exact) mass is 728 g/mol. The van der Waals surface area contributed by atoms with Gasteiger partial charge in [-0.3, -0.25) is 4.99 Å². The van der Waals surface area contributed by atoms with Gasteiger partial charge in [-0.15, -0.1) is 0 Å². The zero-order chi connectivity index (χ0) is 38.3. The third-order valence-electron chi connectivity index (χ3n) is 10.4. The molecule has 0 saturated carbocycles. The Morgan fingerprint density at radius 3 is 2.49 bits per heavy atom. The first-order valence-electron chi connectivity index (χ1n) is 19.0. The van der Waals surface area contributed by atoms with Crippen molar-refractivity contribution < 1.29 is 9.47 Å². The highest BCUT2D eigenvalue weighted by molar-refractivity contribution is 6.11. The van der Waals surface area contributed by atoms with E-state index in [1.807, 2.05) is 61.5 Å². The molecule has 3 atom stereocenters. The first-order chi connectivity index (χ1) is 26.8. The topological polar surface area (TPSA) is 131 Å². The molecule has 0 amide bonds. The molecule has 0 bridgehead atoms. The highest BCUT2D eigenvalue weighted by atomic mass is 16.6. The van der Waals surface area contributed by atoms with Crippen molar-refractivity contribution in [3.63, 3.8) is 0 Å². The number of aliphatic imine (C=N–C) groups is 2. The van der Waals surface area contributed by atoms with Gasteiger partial charge in [0.25, 0.3) is 0 Å². The summed E-state index contributed by atoms with van der Waals surface area (Å²) >= 11 is 0. The maximum Gasteiger partial charge on any atom is 0.170 e. The van der Waals surface area contributed by atoms with Crippen LogP contribution >= 0.6 is 0 Å². The van der Waals surface area contributed by atoms with Crippen molar-refractivity contribution in [3.8, 4) is 22.6 Å². The second-order valence-electron chi connectivity index (χ2n) is 14.2. The lowest BCUT2D eigenvalue weighted by molar-refractivity contribution is 0.289. The molecule has 2 unspecified atom stereocenters. The van der Waals surface area contributed by atoms with Crippen molar-refractivity contribution in [2.24, 2.45) is 33.3 Å². The third kappa shape index (κ3) is 8.39. The van der Waals surface area contributed by atoms with Crippen molar-refractivity contribution in [2.75, 3.05) is 5.32 Å². The fraction of sp³-hybridized carbons (Fsp3) is 0.213. The third-order valence-corrected chi connectivity index (χ3v) is 10.4. The predicted octanol–water partition coefficient (Wildman–Crippen LogP) is 10.1. The van der Waals surface area contributed by atoms with E-state index in [2.05, 4.69) is 86.0 Å². The maximum atomic E-state index is 8.10. The van der Waals surface area contributed by atoms with Gasteiger partial charge in [0.05, 0.1) is 6.04 Å². The van der Waals surface area contributed by atoms with Crippen LogP contribution in [0.5, 0.6) is 11.5 Å². The van der Waals surface area contributed by atoms with Gasteiger partial charge in [-0.05, 0) is 116 Å². The van der Waals surface area contributed by atoms with Crippen LogP contribution in [0.25, 0.3) is 11.1 Å². The van der Waals surface area contributed by atoms with Crippen molar-refractivity contribution in [2.45, 2.75) is 52.5 Å². The van der Waals surface area contributed by atoms with Crippen LogP contribution in [0.1, 0.15) is 52.0 Å². The highest BCUT2D eigenvalue weighted by Crippen LogP contribution is 2.42. The van der Waals surface area contributed by atoms with E-state index in [4.69, 9.17) is 36.3 Å². The number of benzene rings is 3. The van der Waals surface area contributed by atoms with E-state index in [-0.39, 0.29) is 12.0 Å². The van der Waals surface area contributed by atoms with Gasteiger partial charge in [0.1, 0.15) is 11.6 Å². The number of nitrogens with zero attached hydrogens (tertiary/aromatic N) is 2. The molecule has 278 valence electrons. The van der Waals surface area contributed by atoms with E-state index in [1.165, 1.54) is 11.8 Å². The minimum absolute atomic E-state index is 0.0387. The molecule has 0 saturated heterocycles. The Labute approximate surface area is 324 Å². The van der Waals surface area contributed by atoms with E-state index in [0.29, 0.717) is 47.7 Å². The smallest absolute Gasteiger partial charge is 0.170 e. The minimum atomic E-state index is 0.0387. The molecule has 7 rings (SSSR count). The van der Waals surface area contributed by atoms with E-state index >= 15 is 0 Å². The Morgan fingerprint density at radius 2 is 1.76 bits per heavy atom. The SMILES string of the molecule is C/C=C(\C=C/N)C1=CC(C=N)=C(Nc2ccc(-c3ccc4c(c3)OC3=C(CCC(/C(N)=N/C(=N\C(C)C5C=CC=CC5)c5ccccc5)=C3)O4)cc2)C[C@H]1C. The van der Waals surface area contributed by atoms with Crippen LogP contribution in [-0.2, 0) is 0 Å². The summed E-state index contributed by atoms with van der Waals surface area (Å²) in [5.74, 6) is 4.38. The first kappa shape index (κ1) is 36.9. The molecule has 8 heteroatoms. The first-order valence-corrected chi connectivity index (χ1v) is 19.0. The van der Waals surface area contributed by atoms with Crippen LogP contribution in [0.3, 0.4) is 0 Å². The van der Waals surface area contributed by atoms with Gasteiger partial charge < -0.3 is 31.7 Å². The zero-order valence-corrected chi connectivity index (χ0v) is 31.6. The second kappa shape index (κ2) is 16.7. The number of hydrogen-bond acceptors (Lipinski definition) is 6. The molecule has 3 aromatic carbocycles. The number of rotatable bonds is 10. The normalized spacial score (nSPS) is 20.6.